The highest BCUT2D eigenvalue weighted by Crippen LogP contribution is 2.25. The number of methoxy groups -OCH3 is 1. The van der Waals surface area contributed by atoms with Crippen molar-refractivity contribution in [3.05, 3.63) is 6.42 Å². The molecule has 0 N–H and O–H groups in total. The van der Waals surface area contributed by atoms with Crippen LogP contribution < -0.4 is 0 Å². The summed E-state index contributed by atoms with van der Waals surface area (Å²) in [6.07, 6.45) is 6.66. The van der Waals surface area contributed by atoms with Gasteiger partial charge in [-0.1, -0.05) is 5.92 Å². The number of hydrogen-bond donors (Lipinski definition) is 0. The zero-order valence-electron chi connectivity index (χ0n) is 8.01. The van der Waals surface area contributed by atoms with Gasteiger partial charge in [-0.25, -0.2) is 0 Å². The Labute approximate surface area is 79.7 Å². The molecule has 0 aliphatic heterocycles. The van der Waals surface area contributed by atoms with Gasteiger partial charge in [0.15, 0.2) is 0 Å². The molecule has 1 fully saturated rings. The number of unbranched alkanes of at least 4 members (excludes halogenated alkanes) is 2. The molecule has 0 aromatic rings. The van der Waals surface area contributed by atoms with Crippen LogP contribution in [-0.2, 0) is 9.53 Å². The largest absolute Gasteiger partial charge is 0.469 e. The number of esters is 1. The molecule has 2 nitrogen and oxygen atoms in total. The van der Waals surface area contributed by atoms with Crippen LogP contribution in [0.25, 0.3) is 0 Å². The van der Waals surface area contributed by atoms with E-state index < -0.39 is 0 Å². The Kier molecular flexibility index (Phi) is 4.39. The van der Waals surface area contributed by atoms with Crippen molar-refractivity contribution >= 4 is 5.97 Å². The van der Waals surface area contributed by atoms with Crippen molar-refractivity contribution in [1.82, 2.24) is 0 Å². The number of ether oxygens (including phenoxy) is 1. The quantitative estimate of drug-likeness (QED) is 0.374. The topological polar surface area (TPSA) is 26.3 Å². The van der Waals surface area contributed by atoms with E-state index in [1.54, 1.807) is 0 Å². The van der Waals surface area contributed by atoms with Gasteiger partial charge in [0, 0.05) is 18.8 Å². The second kappa shape index (κ2) is 5.64. The Balaban J connectivity index is 1.89. The first-order valence-electron chi connectivity index (χ1n) is 4.71. The summed E-state index contributed by atoms with van der Waals surface area (Å²) in [5.74, 6) is 6.69. The summed E-state index contributed by atoms with van der Waals surface area (Å²) in [7, 11) is 1.42. The zero-order chi connectivity index (χ0) is 9.52. The van der Waals surface area contributed by atoms with Crippen LogP contribution >= 0.6 is 0 Å². The van der Waals surface area contributed by atoms with Crippen LogP contribution in [0, 0.1) is 24.2 Å². The van der Waals surface area contributed by atoms with Crippen molar-refractivity contribution in [2.45, 2.75) is 32.1 Å². The average Bonchev–Trinajstić information content (AvgIpc) is 2.94. The van der Waals surface area contributed by atoms with E-state index in [9.17, 15) is 4.79 Å². The number of carbonyl (C=O) groups is 1. The Morgan fingerprint density at radius 3 is 3.00 bits per heavy atom. The van der Waals surface area contributed by atoms with Crippen LogP contribution in [0.5, 0.6) is 0 Å². The van der Waals surface area contributed by atoms with E-state index in [0.29, 0.717) is 12.3 Å². The minimum atomic E-state index is -0.122. The predicted molar refractivity (Wildman–Crippen MR) is 50.7 cm³/mol. The standard InChI is InChI=1S/C11H15O2/c1-13-11(12)7-5-3-2-4-6-10-8-9-10/h8,10H,2-3,5,7,9H2,1H3. The molecule has 13 heavy (non-hydrogen) atoms. The molecule has 0 amide bonds. The van der Waals surface area contributed by atoms with Crippen molar-refractivity contribution < 1.29 is 9.53 Å². The van der Waals surface area contributed by atoms with E-state index in [4.69, 9.17) is 0 Å². The molecule has 1 aliphatic rings. The summed E-state index contributed by atoms with van der Waals surface area (Å²) < 4.78 is 4.53. The summed E-state index contributed by atoms with van der Waals surface area (Å²) in [6.45, 7) is 0. The van der Waals surface area contributed by atoms with Crippen molar-refractivity contribution in [1.29, 1.82) is 0 Å². The lowest BCUT2D eigenvalue weighted by molar-refractivity contribution is -0.140. The highest BCUT2D eigenvalue weighted by Gasteiger charge is 2.17. The lowest BCUT2D eigenvalue weighted by atomic mass is 10.2. The molecule has 1 aliphatic carbocycles. The van der Waals surface area contributed by atoms with E-state index in [2.05, 4.69) is 23.0 Å². The highest BCUT2D eigenvalue weighted by molar-refractivity contribution is 5.68. The van der Waals surface area contributed by atoms with E-state index >= 15 is 0 Å². The zero-order valence-corrected chi connectivity index (χ0v) is 8.01. The number of hydrogen-bond acceptors (Lipinski definition) is 2. The summed E-state index contributed by atoms with van der Waals surface area (Å²) in [6, 6.07) is 0. The van der Waals surface area contributed by atoms with Crippen LogP contribution in [0.1, 0.15) is 32.1 Å². The van der Waals surface area contributed by atoms with Gasteiger partial charge in [0.2, 0.25) is 0 Å². The molecule has 0 heterocycles. The monoisotopic (exact) mass is 179 g/mol. The maximum absolute atomic E-state index is 10.7. The highest BCUT2D eigenvalue weighted by atomic mass is 16.5. The minimum absolute atomic E-state index is 0.122. The lowest BCUT2D eigenvalue weighted by Gasteiger charge is -1.95. The molecule has 0 aromatic carbocycles. The third-order valence-electron chi connectivity index (χ3n) is 1.92. The van der Waals surface area contributed by atoms with E-state index in [1.807, 2.05) is 0 Å². The number of rotatable bonds is 4. The molecule has 0 aromatic heterocycles. The molecule has 0 saturated heterocycles. The first kappa shape index (κ1) is 10.1. The molecule has 0 bridgehead atoms. The van der Waals surface area contributed by atoms with Crippen LogP contribution in [0.2, 0.25) is 0 Å². The molecule has 0 spiro atoms. The van der Waals surface area contributed by atoms with Gasteiger partial charge in [0.05, 0.1) is 7.11 Å². The summed E-state index contributed by atoms with van der Waals surface area (Å²) in [5.41, 5.74) is 0. The Bertz CT molecular complexity index is 218. The first-order chi connectivity index (χ1) is 6.33. The second-order valence-corrected chi connectivity index (χ2v) is 3.18. The molecule has 1 atom stereocenters. The maximum atomic E-state index is 10.7. The van der Waals surface area contributed by atoms with Crippen LogP contribution in [0.15, 0.2) is 0 Å². The molecule has 71 valence electrons. The van der Waals surface area contributed by atoms with E-state index in [0.717, 1.165) is 25.7 Å². The third kappa shape index (κ3) is 5.30. The van der Waals surface area contributed by atoms with Crippen LogP contribution in [-0.4, -0.2) is 13.1 Å². The van der Waals surface area contributed by atoms with E-state index in [-0.39, 0.29) is 5.97 Å². The summed E-state index contributed by atoms with van der Waals surface area (Å²) in [4.78, 5) is 10.7. The van der Waals surface area contributed by atoms with Crippen molar-refractivity contribution in [2.75, 3.05) is 7.11 Å². The Morgan fingerprint density at radius 2 is 2.38 bits per heavy atom. The van der Waals surface area contributed by atoms with Gasteiger partial charge in [0.25, 0.3) is 0 Å². The molecule has 1 saturated carbocycles. The number of carbonyl (C=O) groups excluding carboxylic acids is 1. The fourth-order valence-corrected chi connectivity index (χ4v) is 0.974. The first-order valence-corrected chi connectivity index (χ1v) is 4.71. The second-order valence-electron chi connectivity index (χ2n) is 3.18. The Hall–Kier alpha value is -0.970. The van der Waals surface area contributed by atoms with Crippen LogP contribution in [0.4, 0.5) is 0 Å². The summed E-state index contributed by atoms with van der Waals surface area (Å²) in [5, 5.41) is 0. The predicted octanol–water partition coefficient (Wildman–Crippen LogP) is 1.95. The van der Waals surface area contributed by atoms with Gasteiger partial charge in [-0.2, -0.15) is 0 Å². The fraction of sp³-hybridized carbons (Fsp3) is 0.636. The van der Waals surface area contributed by atoms with Crippen LogP contribution in [0.3, 0.4) is 0 Å². The van der Waals surface area contributed by atoms with Gasteiger partial charge < -0.3 is 4.74 Å². The third-order valence-corrected chi connectivity index (χ3v) is 1.92. The molecule has 2 heteroatoms. The smallest absolute Gasteiger partial charge is 0.305 e. The molecule has 1 unspecified atom stereocenters. The molecular weight excluding hydrogens is 164 g/mol. The molecule has 1 radical (unpaired) electrons. The van der Waals surface area contributed by atoms with Crippen molar-refractivity contribution in [3.8, 4) is 11.8 Å². The van der Waals surface area contributed by atoms with Crippen molar-refractivity contribution in [3.63, 3.8) is 0 Å². The molecule has 1 rings (SSSR count). The van der Waals surface area contributed by atoms with Gasteiger partial charge in [0.1, 0.15) is 0 Å². The normalized spacial score (nSPS) is 14.5. The summed E-state index contributed by atoms with van der Waals surface area (Å²) >= 11 is 0. The van der Waals surface area contributed by atoms with Crippen molar-refractivity contribution in [2.24, 2.45) is 5.92 Å². The lowest BCUT2D eigenvalue weighted by Crippen LogP contribution is -1.98. The Morgan fingerprint density at radius 1 is 1.62 bits per heavy atom. The van der Waals surface area contributed by atoms with Gasteiger partial charge in [-0.3, -0.25) is 4.79 Å². The average molecular weight is 179 g/mol. The molecular formula is C11H15O2. The minimum Gasteiger partial charge on any atom is -0.469 e. The fourth-order valence-electron chi connectivity index (χ4n) is 0.974. The van der Waals surface area contributed by atoms with Gasteiger partial charge in [-0.05, 0) is 25.7 Å². The SMILES string of the molecule is COC(=O)CCCCC#CC1[CH]C1. The van der Waals surface area contributed by atoms with E-state index in [1.165, 1.54) is 7.11 Å². The van der Waals surface area contributed by atoms with Gasteiger partial charge >= 0.3 is 5.97 Å². The maximum Gasteiger partial charge on any atom is 0.305 e. The van der Waals surface area contributed by atoms with Gasteiger partial charge in [-0.15, -0.1) is 5.92 Å².